The highest BCUT2D eigenvalue weighted by Gasteiger charge is 2.42. The van der Waals surface area contributed by atoms with Crippen molar-refractivity contribution in [2.45, 2.75) is 57.2 Å². The second-order valence-corrected chi connectivity index (χ2v) is 6.41. The van der Waals surface area contributed by atoms with Crippen molar-refractivity contribution in [3.05, 3.63) is 35.3 Å². The first-order valence-electron chi connectivity index (χ1n) is 8.11. The molecule has 0 aromatic rings. The molecule has 20 heavy (non-hydrogen) atoms. The lowest BCUT2D eigenvalue weighted by Gasteiger charge is -2.36. The summed E-state index contributed by atoms with van der Waals surface area (Å²) < 4.78 is 5.99. The van der Waals surface area contributed by atoms with Crippen molar-refractivity contribution in [2.75, 3.05) is 13.1 Å². The van der Waals surface area contributed by atoms with Crippen LogP contribution in [0.25, 0.3) is 0 Å². The summed E-state index contributed by atoms with van der Waals surface area (Å²) in [6.07, 6.45) is 12.6. The van der Waals surface area contributed by atoms with Crippen LogP contribution in [-0.4, -0.2) is 36.2 Å². The molecule has 0 aromatic carbocycles. The fourth-order valence-electron chi connectivity index (χ4n) is 4.42. The third-order valence-electron chi connectivity index (χ3n) is 5.21. The van der Waals surface area contributed by atoms with Crippen LogP contribution < -0.4 is 5.32 Å². The molecule has 0 fully saturated rings. The van der Waals surface area contributed by atoms with Gasteiger partial charge in [0.1, 0.15) is 6.10 Å². The van der Waals surface area contributed by atoms with Gasteiger partial charge in [0, 0.05) is 18.8 Å². The van der Waals surface area contributed by atoms with E-state index >= 15 is 0 Å². The lowest BCUT2D eigenvalue weighted by atomic mass is 9.84. The number of nitrogens with one attached hydrogen (secondary N) is 1. The molecule has 0 saturated carbocycles. The SMILES string of the molecule is CCCN1CC2=C3C(=CCC[C@@H]31)[C@H]1OC=CN[C@@H]1CC2. The van der Waals surface area contributed by atoms with Crippen molar-refractivity contribution in [1.29, 1.82) is 0 Å². The minimum Gasteiger partial charge on any atom is -0.490 e. The molecule has 4 aliphatic rings. The van der Waals surface area contributed by atoms with Crippen LogP contribution >= 0.6 is 0 Å². The van der Waals surface area contributed by atoms with Gasteiger partial charge in [-0.3, -0.25) is 4.90 Å². The summed E-state index contributed by atoms with van der Waals surface area (Å²) in [5.74, 6) is 0. The van der Waals surface area contributed by atoms with Crippen LogP contribution in [0.3, 0.4) is 0 Å². The third-order valence-corrected chi connectivity index (χ3v) is 5.21. The molecule has 0 aromatic heterocycles. The normalized spacial score (nSPS) is 35.6. The molecule has 0 radical (unpaired) electrons. The van der Waals surface area contributed by atoms with Gasteiger partial charge in [0.2, 0.25) is 0 Å². The van der Waals surface area contributed by atoms with Crippen LogP contribution in [0.5, 0.6) is 0 Å². The van der Waals surface area contributed by atoms with Gasteiger partial charge in [-0.1, -0.05) is 18.6 Å². The predicted molar refractivity (Wildman–Crippen MR) is 80.2 cm³/mol. The van der Waals surface area contributed by atoms with E-state index in [-0.39, 0.29) is 6.10 Å². The van der Waals surface area contributed by atoms with Crippen molar-refractivity contribution < 1.29 is 4.74 Å². The van der Waals surface area contributed by atoms with E-state index < -0.39 is 0 Å². The molecule has 0 spiro atoms. The first-order chi connectivity index (χ1) is 9.88. The predicted octanol–water partition coefficient (Wildman–Crippen LogP) is 2.72. The van der Waals surface area contributed by atoms with E-state index in [2.05, 4.69) is 23.2 Å². The number of rotatable bonds is 2. The summed E-state index contributed by atoms with van der Waals surface area (Å²) in [6, 6.07) is 1.12. The van der Waals surface area contributed by atoms with Gasteiger partial charge in [-0.05, 0) is 49.8 Å². The highest BCUT2D eigenvalue weighted by molar-refractivity contribution is 5.49. The Morgan fingerprint density at radius 1 is 1.40 bits per heavy atom. The summed E-state index contributed by atoms with van der Waals surface area (Å²) in [5, 5.41) is 3.50. The van der Waals surface area contributed by atoms with E-state index in [9.17, 15) is 0 Å². The minimum absolute atomic E-state index is 0.233. The van der Waals surface area contributed by atoms with Crippen molar-refractivity contribution in [3.8, 4) is 0 Å². The van der Waals surface area contributed by atoms with Gasteiger partial charge in [0.15, 0.2) is 0 Å². The number of ether oxygens (including phenoxy) is 1. The van der Waals surface area contributed by atoms with E-state index in [1.807, 2.05) is 12.5 Å². The molecule has 3 nitrogen and oxygen atoms in total. The molecular weight excluding hydrogens is 248 g/mol. The van der Waals surface area contributed by atoms with Gasteiger partial charge >= 0.3 is 0 Å². The van der Waals surface area contributed by atoms with Crippen LogP contribution in [0.2, 0.25) is 0 Å². The number of hydrogen-bond acceptors (Lipinski definition) is 3. The Kier molecular flexibility index (Phi) is 3.10. The molecule has 2 aliphatic carbocycles. The molecule has 0 unspecified atom stereocenters. The van der Waals surface area contributed by atoms with Crippen molar-refractivity contribution in [3.63, 3.8) is 0 Å². The van der Waals surface area contributed by atoms with Gasteiger partial charge in [-0.25, -0.2) is 0 Å². The lowest BCUT2D eigenvalue weighted by molar-refractivity contribution is 0.117. The summed E-state index contributed by atoms with van der Waals surface area (Å²) in [4.78, 5) is 2.70. The molecule has 0 amide bonds. The monoisotopic (exact) mass is 272 g/mol. The highest BCUT2D eigenvalue weighted by Crippen LogP contribution is 2.43. The number of fused-ring (bicyclic) bond motifs is 2. The molecule has 0 saturated heterocycles. The number of nitrogens with zero attached hydrogens (tertiary/aromatic N) is 1. The van der Waals surface area contributed by atoms with Crippen LogP contribution in [0.1, 0.15) is 39.0 Å². The average Bonchev–Trinajstić information content (AvgIpc) is 2.75. The van der Waals surface area contributed by atoms with Crippen LogP contribution in [0, 0.1) is 0 Å². The van der Waals surface area contributed by atoms with Gasteiger partial charge in [0.05, 0.1) is 12.3 Å². The smallest absolute Gasteiger partial charge is 0.143 e. The molecule has 2 aliphatic heterocycles. The second kappa shape index (κ2) is 4.96. The quantitative estimate of drug-likeness (QED) is 0.836. The molecule has 108 valence electrons. The van der Waals surface area contributed by atoms with Gasteiger partial charge < -0.3 is 10.1 Å². The molecular formula is C17H24N2O. The zero-order valence-electron chi connectivity index (χ0n) is 12.3. The van der Waals surface area contributed by atoms with Crippen LogP contribution in [-0.2, 0) is 4.74 Å². The van der Waals surface area contributed by atoms with Crippen molar-refractivity contribution >= 4 is 0 Å². The first-order valence-corrected chi connectivity index (χ1v) is 8.11. The molecule has 4 rings (SSSR count). The Morgan fingerprint density at radius 2 is 2.35 bits per heavy atom. The van der Waals surface area contributed by atoms with E-state index in [0.717, 1.165) is 0 Å². The molecule has 3 heteroatoms. The second-order valence-electron chi connectivity index (χ2n) is 6.41. The third kappa shape index (κ3) is 1.83. The highest BCUT2D eigenvalue weighted by atomic mass is 16.5. The number of allylic oxidation sites excluding steroid dienone is 1. The van der Waals surface area contributed by atoms with E-state index in [4.69, 9.17) is 4.74 Å². The average molecular weight is 272 g/mol. The largest absolute Gasteiger partial charge is 0.490 e. The van der Waals surface area contributed by atoms with Gasteiger partial charge in [-0.15, -0.1) is 0 Å². The van der Waals surface area contributed by atoms with Gasteiger partial charge in [-0.2, -0.15) is 0 Å². The first kappa shape index (κ1) is 12.5. The maximum absolute atomic E-state index is 5.99. The van der Waals surface area contributed by atoms with Crippen LogP contribution in [0.4, 0.5) is 0 Å². The zero-order chi connectivity index (χ0) is 13.5. The summed E-state index contributed by atoms with van der Waals surface area (Å²) in [6.45, 7) is 4.72. The number of hydrogen-bond donors (Lipinski definition) is 1. The Bertz CT molecular complexity index is 491. The molecule has 3 atom stereocenters. The van der Waals surface area contributed by atoms with Crippen molar-refractivity contribution in [1.82, 2.24) is 10.2 Å². The lowest BCUT2D eigenvalue weighted by Crippen LogP contribution is -2.44. The molecule has 2 heterocycles. The maximum atomic E-state index is 5.99. The summed E-state index contributed by atoms with van der Waals surface area (Å²) in [5.41, 5.74) is 4.83. The van der Waals surface area contributed by atoms with Crippen LogP contribution in [0.15, 0.2) is 35.3 Å². The fourth-order valence-corrected chi connectivity index (χ4v) is 4.42. The summed E-state index contributed by atoms with van der Waals surface area (Å²) >= 11 is 0. The Balaban J connectivity index is 1.70. The molecule has 0 bridgehead atoms. The Labute approximate surface area is 121 Å². The molecule has 1 N–H and O–H groups in total. The van der Waals surface area contributed by atoms with E-state index in [1.54, 1.807) is 11.1 Å². The van der Waals surface area contributed by atoms with Gasteiger partial charge in [0.25, 0.3) is 0 Å². The Hall–Kier alpha value is -1.22. The maximum Gasteiger partial charge on any atom is 0.143 e. The van der Waals surface area contributed by atoms with E-state index in [1.165, 1.54) is 50.8 Å². The topological polar surface area (TPSA) is 24.5 Å². The summed E-state index contributed by atoms with van der Waals surface area (Å²) in [7, 11) is 0. The zero-order valence-corrected chi connectivity index (χ0v) is 12.3. The minimum atomic E-state index is 0.233. The standard InChI is InChI=1S/C17H24N2O/c1-2-9-19-11-12-6-7-14-17(20-10-8-18-14)13-4-3-5-15(19)16(12)13/h4,8,10,14-15,17-18H,2-3,5-7,9,11H2,1H3/t14-,15+,17-/m1/s1. The van der Waals surface area contributed by atoms with E-state index in [0.29, 0.717) is 12.1 Å². The fraction of sp³-hybridized carbons (Fsp3) is 0.647. The van der Waals surface area contributed by atoms with Crippen molar-refractivity contribution in [2.24, 2.45) is 0 Å². The Morgan fingerprint density at radius 3 is 3.25 bits per heavy atom.